The number of hydrogen-bond acceptors (Lipinski definition) is 11. The molecule has 0 radical (unpaired) electrons. The highest BCUT2D eigenvalue weighted by molar-refractivity contribution is 5.91. The molecule has 1 saturated heterocycles. The number of non-ortho nitro benzene ring substituents is 2. The van der Waals surface area contributed by atoms with Crippen LogP contribution in [0.3, 0.4) is 0 Å². The number of carbonyl (C=O) groups excluding carboxylic acids is 2. The van der Waals surface area contributed by atoms with Crippen molar-refractivity contribution in [2.24, 2.45) is 0 Å². The molecule has 6 aromatic rings. The van der Waals surface area contributed by atoms with Gasteiger partial charge in [-0.05, 0) is 152 Å². The molecule has 0 saturated carbocycles. The first kappa shape index (κ1) is 54.9. The minimum Gasteiger partial charge on any atom is -0.460 e. The predicted octanol–water partition coefficient (Wildman–Crippen LogP) is 13.7. The van der Waals surface area contributed by atoms with Crippen molar-refractivity contribution < 1.29 is 42.4 Å². The molecule has 13 nitrogen and oxygen atoms in total. The van der Waals surface area contributed by atoms with Crippen molar-refractivity contribution in [1.29, 1.82) is 0 Å². The highest BCUT2D eigenvalue weighted by atomic mass is 19.1. The number of nitro groups is 2. The number of nitrogens with zero attached hydrogens (tertiary/aromatic N) is 4. The summed E-state index contributed by atoms with van der Waals surface area (Å²) in [6, 6.07) is 22.5. The fourth-order valence-electron chi connectivity index (χ4n) is 10.6. The number of halogens is 2. The first-order chi connectivity index (χ1) is 36.0. The second-order valence-electron chi connectivity index (χ2n) is 21.8. The topological polar surface area (TPSA) is 174 Å². The van der Waals surface area contributed by atoms with E-state index in [4.69, 9.17) is 24.2 Å². The number of aryl methyl sites for hydroxylation is 4. The number of fused-ring (bicyclic) bond motifs is 4. The van der Waals surface area contributed by atoms with Gasteiger partial charge < -0.3 is 14.2 Å². The summed E-state index contributed by atoms with van der Waals surface area (Å²) in [4.78, 5) is 57.0. The summed E-state index contributed by atoms with van der Waals surface area (Å²) < 4.78 is 45.7. The van der Waals surface area contributed by atoms with E-state index in [9.17, 15) is 38.6 Å². The van der Waals surface area contributed by atoms with Gasteiger partial charge in [0.25, 0.3) is 11.4 Å². The van der Waals surface area contributed by atoms with Gasteiger partial charge in [0.2, 0.25) is 0 Å². The van der Waals surface area contributed by atoms with Crippen molar-refractivity contribution >= 4 is 29.7 Å². The average molecular weight is 1040 g/mol. The van der Waals surface area contributed by atoms with Crippen LogP contribution in [0.1, 0.15) is 159 Å². The fraction of sp³-hybridized carbons (Fsp3) is 0.377. The Morgan fingerprint density at radius 2 is 1.17 bits per heavy atom. The van der Waals surface area contributed by atoms with E-state index >= 15 is 0 Å². The molecule has 76 heavy (non-hydrogen) atoms. The lowest BCUT2D eigenvalue weighted by atomic mass is 9.86. The normalized spacial score (nSPS) is 16.8. The summed E-state index contributed by atoms with van der Waals surface area (Å²) in [7, 11) is 0. The van der Waals surface area contributed by atoms with Crippen molar-refractivity contribution in [1.82, 2.24) is 9.97 Å². The van der Waals surface area contributed by atoms with E-state index in [1.54, 1.807) is 48.5 Å². The maximum absolute atomic E-state index is 14.2. The molecule has 0 unspecified atom stereocenters. The van der Waals surface area contributed by atoms with Crippen LogP contribution in [0.2, 0.25) is 0 Å². The molecule has 0 spiro atoms. The maximum atomic E-state index is 14.2. The zero-order valence-electron chi connectivity index (χ0n) is 44.5. The molecular weight excluding hydrogens is 971 g/mol. The third-order valence-corrected chi connectivity index (χ3v) is 13.8. The predicted molar refractivity (Wildman–Crippen MR) is 287 cm³/mol. The van der Waals surface area contributed by atoms with Crippen LogP contribution in [0, 0.1) is 31.9 Å². The lowest BCUT2D eigenvalue weighted by molar-refractivity contribution is -0.385. The standard InChI is InChI=1S/C37H43FN2O6.C24H21FN2O3/c1-22(2)35-30(16-15-28-20-29(45-37(6,7)44-28)21-33(41)46-36(3,4)5)34(24-8-12-26(38)13-9-24)31-19-25-18-27(40(42)43)14-10-23(25)11-17-32(31)39-35;1-14(2)24-21(13-28)23(16-3-7-18(25)8-4-16)20-12-17-11-19(27(29)30)9-5-15(17)6-10-22(20)26-24/h8-10,12-16,18,22,28-29H,11,17,19-21H2,1-7H3;3-5,7-9,11,13-14H,6,10,12H2,1-2H3/b16-15+;/t28-,29-;/m1./s1. The molecule has 0 bridgehead atoms. The van der Waals surface area contributed by atoms with E-state index in [1.165, 1.54) is 30.3 Å². The maximum Gasteiger partial charge on any atom is 0.308 e. The Hall–Kier alpha value is -7.36. The molecule has 0 N–H and O–H groups in total. The zero-order chi connectivity index (χ0) is 54.8. The Bertz CT molecular complexity index is 3230. The van der Waals surface area contributed by atoms with Crippen molar-refractivity contribution in [3.05, 3.63) is 190 Å². The monoisotopic (exact) mass is 1030 g/mol. The quantitative estimate of drug-likeness (QED) is 0.0523. The minimum absolute atomic E-state index is 0.0430. The molecule has 15 heteroatoms. The number of aldehydes is 1. The number of ether oxygens (including phenoxy) is 3. The molecule has 4 aromatic carbocycles. The number of nitro benzene ring substituents is 2. The number of rotatable bonds is 11. The van der Waals surface area contributed by atoms with Gasteiger partial charge in [-0.2, -0.15) is 0 Å². The number of hydrogen-bond donors (Lipinski definition) is 0. The van der Waals surface area contributed by atoms with E-state index in [0.717, 1.165) is 90.3 Å². The molecule has 0 amide bonds. The van der Waals surface area contributed by atoms with Crippen molar-refractivity contribution in [2.75, 3.05) is 0 Å². The van der Waals surface area contributed by atoms with E-state index in [2.05, 4.69) is 13.8 Å². The summed E-state index contributed by atoms with van der Waals surface area (Å²) in [5.74, 6) is -1.82. The smallest absolute Gasteiger partial charge is 0.308 e. The lowest BCUT2D eigenvalue weighted by Crippen LogP contribution is -2.45. The molecular formula is C61H64F2N4O9. The number of carbonyl (C=O) groups is 2. The van der Waals surface area contributed by atoms with Crippen LogP contribution in [0.25, 0.3) is 28.3 Å². The van der Waals surface area contributed by atoms with Gasteiger partial charge in [-0.3, -0.25) is 39.8 Å². The van der Waals surface area contributed by atoms with Crippen LogP contribution in [0.4, 0.5) is 20.2 Å². The third-order valence-electron chi connectivity index (χ3n) is 13.8. The summed E-state index contributed by atoms with van der Waals surface area (Å²) in [6.45, 7) is 17.4. The Balaban J connectivity index is 0.000000220. The Morgan fingerprint density at radius 3 is 1.61 bits per heavy atom. The molecule has 396 valence electrons. The highest BCUT2D eigenvalue weighted by Crippen LogP contribution is 2.41. The second kappa shape index (κ2) is 22.5. The molecule has 3 aliphatic rings. The minimum atomic E-state index is -0.926. The SMILES string of the molecule is CC(C)c1nc2c(c(-c3ccc(F)cc3)c1/C=C/[C@@H]1C[C@H](CC(=O)OC(C)(C)C)OC(C)(C)O1)Cc1cc([N+](=O)[O-])ccc1CC2.CC(C)c1nc2c(c(-c3ccc(F)cc3)c1C=O)Cc1cc([N+](=O)[O-])ccc1CC2. The molecule has 2 atom stereocenters. The van der Waals surface area contributed by atoms with E-state index < -0.39 is 22.4 Å². The average Bonchev–Trinajstić information content (AvgIpc) is 3.68. The lowest BCUT2D eigenvalue weighted by Gasteiger charge is -2.40. The molecule has 1 aliphatic heterocycles. The first-order valence-corrected chi connectivity index (χ1v) is 25.8. The van der Waals surface area contributed by atoms with Gasteiger partial charge in [0.05, 0.1) is 39.9 Å². The number of pyridine rings is 2. The van der Waals surface area contributed by atoms with Crippen LogP contribution in [0.15, 0.2) is 91.0 Å². The van der Waals surface area contributed by atoms with E-state index in [0.29, 0.717) is 50.5 Å². The van der Waals surface area contributed by atoms with Crippen LogP contribution < -0.4 is 0 Å². The molecule has 9 rings (SSSR count). The first-order valence-electron chi connectivity index (χ1n) is 25.8. The Morgan fingerprint density at radius 1 is 0.711 bits per heavy atom. The van der Waals surface area contributed by atoms with Gasteiger partial charge in [-0.1, -0.05) is 76.2 Å². The van der Waals surface area contributed by atoms with Gasteiger partial charge in [-0.15, -0.1) is 0 Å². The van der Waals surface area contributed by atoms with Gasteiger partial charge in [0.1, 0.15) is 17.2 Å². The Kier molecular flexibility index (Phi) is 16.2. The summed E-state index contributed by atoms with van der Waals surface area (Å²) in [5.41, 5.74) is 13.3. The van der Waals surface area contributed by atoms with Crippen LogP contribution in [-0.2, 0) is 57.5 Å². The van der Waals surface area contributed by atoms with Crippen LogP contribution in [0.5, 0.6) is 0 Å². The van der Waals surface area contributed by atoms with E-state index in [-0.39, 0.29) is 58.3 Å². The Labute approximate surface area is 442 Å². The van der Waals surface area contributed by atoms with E-state index in [1.807, 2.05) is 66.7 Å². The third kappa shape index (κ3) is 12.7. The number of aromatic nitrogens is 2. The molecule has 3 heterocycles. The van der Waals surface area contributed by atoms with Gasteiger partial charge in [0.15, 0.2) is 12.1 Å². The summed E-state index contributed by atoms with van der Waals surface area (Å²) in [6.07, 6.45) is 8.33. The molecule has 1 fully saturated rings. The number of benzene rings is 4. The molecule has 2 aromatic heterocycles. The largest absolute Gasteiger partial charge is 0.460 e. The summed E-state index contributed by atoms with van der Waals surface area (Å²) in [5, 5.41) is 22.9. The van der Waals surface area contributed by atoms with Gasteiger partial charge in [0, 0.05) is 66.0 Å². The number of esters is 1. The fourth-order valence-corrected chi connectivity index (χ4v) is 10.6. The van der Waals surface area contributed by atoms with Crippen LogP contribution >= 0.6 is 0 Å². The van der Waals surface area contributed by atoms with Gasteiger partial charge in [-0.25, -0.2) is 8.78 Å². The van der Waals surface area contributed by atoms with Crippen molar-refractivity contribution in [2.45, 2.75) is 149 Å². The second-order valence-corrected chi connectivity index (χ2v) is 21.8. The van der Waals surface area contributed by atoms with Crippen LogP contribution in [-0.4, -0.2) is 55.7 Å². The van der Waals surface area contributed by atoms with Crippen molar-refractivity contribution in [3.63, 3.8) is 0 Å². The van der Waals surface area contributed by atoms with Gasteiger partial charge >= 0.3 is 5.97 Å². The highest BCUT2D eigenvalue weighted by Gasteiger charge is 2.37. The van der Waals surface area contributed by atoms with Crippen molar-refractivity contribution in [3.8, 4) is 22.3 Å². The zero-order valence-corrected chi connectivity index (χ0v) is 44.5. The molecule has 2 aliphatic carbocycles. The summed E-state index contributed by atoms with van der Waals surface area (Å²) >= 11 is 0.